The van der Waals surface area contributed by atoms with Crippen molar-refractivity contribution in [3.63, 3.8) is 0 Å². The fraction of sp³-hybridized carbons (Fsp3) is 0.520. The average Bonchev–Trinajstić information content (AvgIpc) is 3.19. The summed E-state index contributed by atoms with van der Waals surface area (Å²) >= 11 is 5.69. The highest BCUT2D eigenvalue weighted by atomic mass is 32.1. The number of likely N-dealkylation sites (N-methyl/N-ethyl adjacent to an activating group) is 1. The van der Waals surface area contributed by atoms with Gasteiger partial charge in [0.25, 0.3) is 5.91 Å². The first-order chi connectivity index (χ1) is 15.7. The number of hydrogen-bond donors (Lipinski definition) is 2. The first-order valence-electron chi connectivity index (χ1n) is 11.6. The Kier molecular flexibility index (Phi) is 7.89. The fourth-order valence-corrected chi connectivity index (χ4v) is 4.38. The number of carbonyl (C=O) groups excluding carboxylic acids is 2. The number of carbonyl (C=O) groups is 2. The van der Waals surface area contributed by atoms with E-state index >= 15 is 0 Å². The van der Waals surface area contributed by atoms with E-state index in [9.17, 15) is 9.59 Å². The van der Waals surface area contributed by atoms with Crippen LogP contribution < -0.4 is 10.6 Å². The zero-order valence-corrected chi connectivity index (χ0v) is 21.1. The monoisotopic (exact) mass is 469 g/mol. The molecule has 0 spiro atoms. The van der Waals surface area contributed by atoms with Gasteiger partial charge < -0.3 is 20.1 Å². The standard InChI is InChI=1S/C25H35N5O2S/c1-6-7-13-19(33)29-14-15-30-18(16-29)20(27-22(30)17-11-9-8-10-12-17)23(31)28-21(24(32)26-5)25(2,3)4/h8-12,21H,6-7,13-16H2,1-5H3,(H,26,32)(H,28,31)/t21-/m1/s1. The minimum absolute atomic E-state index is 0.227. The van der Waals surface area contributed by atoms with Gasteiger partial charge >= 0.3 is 0 Å². The summed E-state index contributed by atoms with van der Waals surface area (Å²) in [5, 5.41) is 5.60. The first-order valence-corrected chi connectivity index (χ1v) is 12.0. The van der Waals surface area contributed by atoms with Crippen LogP contribution in [-0.4, -0.2) is 50.9 Å². The van der Waals surface area contributed by atoms with Gasteiger partial charge in [0.05, 0.1) is 17.2 Å². The quantitative estimate of drug-likeness (QED) is 0.604. The number of fused-ring (bicyclic) bond motifs is 1. The van der Waals surface area contributed by atoms with E-state index in [1.165, 1.54) is 0 Å². The first kappa shape index (κ1) is 24.9. The van der Waals surface area contributed by atoms with Crippen LogP contribution in [0.2, 0.25) is 0 Å². The molecule has 0 radical (unpaired) electrons. The molecule has 0 bridgehead atoms. The Balaban J connectivity index is 1.99. The van der Waals surface area contributed by atoms with Crippen molar-refractivity contribution in [2.24, 2.45) is 5.41 Å². The maximum atomic E-state index is 13.5. The zero-order valence-electron chi connectivity index (χ0n) is 20.3. The van der Waals surface area contributed by atoms with E-state index in [1.54, 1.807) is 7.05 Å². The number of nitrogens with zero attached hydrogens (tertiary/aromatic N) is 3. The van der Waals surface area contributed by atoms with Crippen molar-refractivity contribution < 1.29 is 9.59 Å². The molecule has 0 unspecified atom stereocenters. The number of unbranched alkanes of at least 4 members (excludes halogenated alkanes) is 1. The number of amides is 2. The average molecular weight is 470 g/mol. The van der Waals surface area contributed by atoms with Gasteiger partial charge in [-0.1, -0.05) is 76.7 Å². The van der Waals surface area contributed by atoms with Crippen molar-refractivity contribution in [1.29, 1.82) is 0 Å². The van der Waals surface area contributed by atoms with E-state index in [2.05, 4.69) is 27.0 Å². The summed E-state index contributed by atoms with van der Waals surface area (Å²) in [7, 11) is 1.58. The summed E-state index contributed by atoms with van der Waals surface area (Å²) in [5.74, 6) is 0.197. The van der Waals surface area contributed by atoms with Crippen molar-refractivity contribution in [3.8, 4) is 11.4 Å². The minimum Gasteiger partial charge on any atom is -0.358 e. The normalized spacial score (nSPS) is 14.4. The highest BCUT2D eigenvalue weighted by molar-refractivity contribution is 7.80. The molecule has 1 aromatic carbocycles. The van der Waals surface area contributed by atoms with Gasteiger partial charge in [0.2, 0.25) is 5.91 Å². The maximum Gasteiger partial charge on any atom is 0.272 e. The maximum absolute atomic E-state index is 13.5. The number of benzene rings is 1. The molecule has 0 saturated carbocycles. The predicted octanol–water partition coefficient (Wildman–Crippen LogP) is 3.77. The summed E-state index contributed by atoms with van der Waals surface area (Å²) in [6, 6.07) is 9.20. The molecule has 2 heterocycles. The van der Waals surface area contributed by atoms with Gasteiger partial charge in [0.1, 0.15) is 11.9 Å². The van der Waals surface area contributed by atoms with Crippen LogP contribution in [0.15, 0.2) is 30.3 Å². The summed E-state index contributed by atoms with van der Waals surface area (Å²) in [5.41, 5.74) is 1.69. The molecular weight excluding hydrogens is 434 g/mol. The van der Waals surface area contributed by atoms with Gasteiger partial charge in [-0.2, -0.15) is 0 Å². The number of aromatic nitrogens is 2. The largest absolute Gasteiger partial charge is 0.358 e. The van der Waals surface area contributed by atoms with Crippen molar-refractivity contribution in [2.75, 3.05) is 13.6 Å². The van der Waals surface area contributed by atoms with Gasteiger partial charge in [-0.3, -0.25) is 9.59 Å². The van der Waals surface area contributed by atoms with E-state index in [0.717, 1.165) is 47.9 Å². The van der Waals surface area contributed by atoms with Crippen LogP contribution >= 0.6 is 12.2 Å². The second kappa shape index (κ2) is 10.5. The molecule has 7 nitrogen and oxygen atoms in total. The molecule has 0 saturated heterocycles. The van der Waals surface area contributed by atoms with E-state index < -0.39 is 11.5 Å². The van der Waals surface area contributed by atoms with Gasteiger partial charge in [0, 0.05) is 25.7 Å². The summed E-state index contributed by atoms with van der Waals surface area (Å²) in [6.45, 7) is 9.96. The van der Waals surface area contributed by atoms with E-state index in [-0.39, 0.29) is 11.8 Å². The molecule has 1 aliphatic heterocycles. The predicted molar refractivity (Wildman–Crippen MR) is 135 cm³/mol. The molecule has 33 heavy (non-hydrogen) atoms. The lowest BCUT2D eigenvalue weighted by Crippen LogP contribution is -2.53. The second-order valence-corrected chi connectivity index (χ2v) is 10.0. The van der Waals surface area contributed by atoms with Crippen LogP contribution in [0.3, 0.4) is 0 Å². The minimum atomic E-state index is -0.683. The second-order valence-electron chi connectivity index (χ2n) is 9.55. The smallest absolute Gasteiger partial charge is 0.272 e. The van der Waals surface area contributed by atoms with Crippen LogP contribution in [0.1, 0.15) is 63.1 Å². The van der Waals surface area contributed by atoms with Crippen LogP contribution in [0.25, 0.3) is 11.4 Å². The zero-order chi connectivity index (χ0) is 24.2. The molecule has 2 amide bonds. The van der Waals surface area contributed by atoms with E-state index in [1.807, 2.05) is 51.1 Å². The SMILES string of the molecule is CCCCC(=S)N1CCn2c(-c3ccccc3)nc(C(=O)N[C@H](C(=O)NC)C(C)(C)C)c2C1. The molecule has 178 valence electrons. The molecule has 1 aromatic heterocycles. The van der Waals surface area contributed by atoms with Crippen molar-refractivity contribution in [1.82, 2.24) is 25.1 Å². The third kappa shape index (κ3) is 5.61. The van der Waals surface area contributed by atoms with Crippen LogP contribution in [0.5, 0.6) is 0 Å². The van der Waals surface area contributed by atoms with Crippen LogP contribution in [0, 0.1) is 5.41 Å². The van der Waals surface area contributed by atoms with Gasteiger partial charge in [-0.15, -0.1) is 0 Å². The van der Waals surface area contributed by atoms with Crippen molar-refractivity contribution in [3.05, 3.63) is 41.7 Å². The lowest BCUT2D eigenvalue weighted by atomic mass is 9.86. The molecule has 1 atom stereocenters. The van der Waals surface area contributed by atoms with Crippen molar-refractivity contribution in [2.45, 2.75) is 66.1 Å². The fourth-order valence-electron chi connectivity index (χ4n) is 4.08. The van der Waals surface area contributed by atoms with Crippen LogP contribution in [0.4, 0.5) is 0 Å². The molecule has 0 aliphatic carbocycles. The van der Waals surface area contributed by atoms with Gasteiger partial charge in [-0.05, 0) is 18.3 Å². The Labute approximate surface area is 202 Å². The van der Waals surface area contributed by atoms with E-state index in [0.29, 0.717) is 18.8 Å². The molecule has 2 aromatic rings. The third-order valence-corrected chi connectivity index (χ3v) is 6.46. The third-order valence-electron chi connectivity index (χ3n) is 6.00. The number of hydrogen-bond acceptors (Lipinski definition) is 4. The Morgan fingerprint density at radius 1 is 1.18 bits per heavy atom. The summed E-state index contributed by atoms with van der Waals surface area (Å²) in [4.78, 5) is 33.9. The molecular formula is C25H35N5O2S. The number of thiocarbonyl (C=S) groups is 1. The van der Waals surface area contributed by atoms with Crippen molar-refractivity contribution >= 4 is 29.0 Å². The Hall–Kier alpha value is -2.74. The highest BCUT2D eigenvalue weighted by Gasteiger charge is 2.35. The highest BCUT2D eigenvalue weighted by Crippen LogP contribution is 2.28. The number of rotatable bonds is 7. The van der Waals surface area contributed by atoms with E-state index in [4.69, 9.17) is 17.2 Å². The Morgan fingerprint density at radius 2 is 1.88 bits per heavy atom. The lowest BCUT2D eigenvalue weighted by molar-refractivity contribution is -0.124. The summed E-state index contributed by atoms with van der Waals surface area (Å²) < 4.78 is 2.12. The molecule has 0 fully saturated rings. The van der Waals surface area contributed by atoms with Gasteiger partial charge in [0.15, 0.2) is 5.69 Å². The number of nitrogens with one attached hydrogen (secondary N) is 2. The molecule has 3 rings (SSSR count). The van der Waals surface area contributed by atoms with Gasteiger partial charge in [-0.25, -0.2) is 4.98 Å². The summed E-state index contributed by atoms with van der Waals surface area (Å²) in [6.07, 6.45) is 3.01. The van der Waals surface area contributed by atoms with Crippen LogP contribution in [-0.2, 0) is 17.9 Å². The lowest BCUT2D eigenvalue weighted by Gasteiger charge is -2.32. The topological polar surface area (TPSA) is 79.3 Å². The molecule has 8 heteroatoms. The Morgan fingerprint density at radius 3 is 2.48 bits per heavy atom. The Bertz CT molecular complexity index is 1010. The molecule has 1 aliphatic rings. The number of imidazole rings is 1. The molecule has 2 N–H and O–H groups in total.